The number of amides is 1. The molecule has 2 rings (SSSR count). The molecule has 0 spiro atoms. The molecule has 1 N–H and O–H groups in total. The number of methoxy groups -OCH3 is 1. The first-order valence-corrected chi connectivity index (χ1v) is 6.59. The van der Waals surface area contributed by atoms with Crippen LogP contribution in [0, 0.1) is 6.92 Å². The summed E-state index contributed by atoms with van der Waals surface area (Å²) < 4.78 is 15.0. The molecule has 1 atom stereocenters. The Kier molecular flexibility index (Phi) is 4.77. The minimum absolute atomic E-state index is 0.0468. The fourth-order valence-electron chi connectivity index (χ4n) is 1.71. The molecule has 0 saturated carbocycles. The number of hydrogen-bond acceptors (Lipinski definition) is 6. The molecule has 0 aliphatic heterocycles. The number of benzene rings is 1. The number of aromatic nitrogens is 1. The average Bonchev–Trinajstić information content (AvgIpc) is 2.94. The molecule has 0 aliphatic rings. The Labute approximate surface area is 127 Å². The molecule has 1 unspecified atom stereocenters. The van der Waals surface area contributed by atoms with Gasteiger partial charge in [-0.15, -0.1) is 0 Å². The van der Waals surface area contributed by atoms with E-state index in [9.17, 15) is 9.59 Å². The Hall–Kier alpha value is -2.83. The summed E-state index contributed by atoms with van der Waals surface area (Å²) in [5, 5.41) is 6.22. The summed E-state index contributed by atoms with van der Waals surface area (Å²) in [5.74, 6) is -0.757. The second-order valence-electron chi connectivity index (χ2n) is 4.57. The smallest absolute Gasteiger partial charge is 0.377 e. The molecule has 1 amide bonds. The third-order valence-electron chi connectivity index (χ3n) is 2.85. The van der Waals surface area contributed by atoms with Gasteiger partial charge in [0.1, 0.15) is 5.75 Å². The van der Waals surface area contributed by atoms with Crippen LogP contribution in [-0.4, -0.2) is 30.2 Å². The lowest BCUT2D eigenvalue weighted by molar-refractivity contribution is -0.123. The lowest BCUT2D eigenvalue weighted by Crippen LogP contribution is -2.30. The number of carbonyl (C=O) groups excluding carboxylic acids is 2. The number of nitrogens with zero attached hydrogens (tertiary/aromatic N) is 1. The molecule has 2 aromatic rings. The Morgan fingerprint density at radius 1 is 1.32 bits per heavy atom. The zero-order valence-electron chi connectivity index (χ0n) is 12.5. The second kappa shape index (κ2) is 6.75. The van der Waals surface area contributed by atoms with Crippen molar-refractivity contribution in [1.82, 2.24) is 5.16 Å². The van der Waals surface area contributed by atoms with Crippen LogP contribution in [0.1, 0.15) is 23.2 Å². The Balaban J connectivity index is 1.99. The van der Waals surface area contributed by atoms with E-state index in [1.54, 1.807) is 31.2 Å². The van der Waals surface area contributed by atoms with E-state index < -0.39 is 18.0 Å². The molecule has 7 nitrogen and oxygen atoms in total. The minimum atomic E-state index is -0.997. The molecule has 0 fully saturated rings. The predicted molar refractivity (Wildman–Crippen MR) is 77.7 cm³/mol. The van der Waals surface area contributed by atoms with Crippen molar-refractivity contribution in [3.05, 3.63) is 41.8 Å². The molecule has 0 saturated heterocycles. The quantitative estimate of drug-likeness (QED) is 0.851. The molecule has 7 heteroatoms. The molecular formula is C15H16N2O5. The number of aryl methyl sites for hydroxylation is 1. The van der Waals surface area contributed by atoms with Gasteiger partial charge >= 0.3 is 5.97 Å². The van der Waals surface area contributed by atoms with E-state index in [-0.39, 0.29) is 5.76 Å². The topological polar surface area (TPSA) is 90.7 Å². The van der Waals surface area contributed by atoms with Crippen LogP contribution in [0.25, 0.3) is 0 Å². The largest absolute Gasteiger partial charge is 0.495 e. The highest BCUT2D eigenvalue weighted by atomic mass is 16.6. The van der Waals surface area contributed by atoms with Gasteiger partial charge in [-0.25, -0.2) is 4.79 Å². The highest BCUT2D eigenvalue weighted by molar-refractivity contribution is 5.97. The number of esters is 1. The summed E-state index contributed by atoms with van der Waals surface area (Å²) in [4.78, 5) is 23.9. The molecule has 1 heterocycles. The van der Waals surface area contributed by atoms with Gasteiger partial charge in [-0.3, -0.25) is 4.79 Å². The van der Waals surface area contributed by atoms with Crippen LogP contribution in [0.15, 0.2) is 34.9 Å². The van der Waals surface area contributed by atoms with Gasteiger partial charge in [0.2, 0.25) is 5.76 Å². The number of anilines is 1. The van der Waals surface area contributed by atoms with Crippen molar-refractivity contribution < 1.29 is 23.6 Å². The SMILES string of the molecule is COc1ccccc1NC(=O)C(C)OC(=O)c1cc(C)no1. The number of nitrogens with one attached hydrogen (secondary N) is 1. The number of para-hydroxylation sites is 2. The zero-order valence-corrected chi connectivity index (χ0v) is 12.5. The molecule has 0 bridgehead atoms. The van der Waals surface area contributed by atoms with Crippen LogP contribution >= 0.6 is 0 Å². The number of ether oxygens (including phenoxy) is 2. The van der Waals surface area contributed by atoms with E-state index >= 15 is 0 Å². The monoisotopic (exact) mass is 304 g/mol. The maximum Gasteiger partial charge on any atom is 0.377 e. The van der Waals surface area contributed by atoms with E-state index in [4.69, 9.17) is 14.0 Å². The molecular weight excluding hydrogens is 288 g/mol. The van der Waals surface area contributed by atoms with Crippen molar-refractivity contribution in [2.24, 2.45) is 0 Å². The Morgan fingerprint density at radius 2 is 2.05 bits per heavy atom. The highest BCUT2D eigenvalue weighted by Crippen LogP contribution is 2.23. The van der Waals surface area contributed by atoms with Crippen LogP contribution in [0.2, 0.25) is 0 Å². The Bertz CT molecular complexity index is 680. The van der Waals surface area contributed by atoms with Crippen LogP contribution in [-0.2, 0) is 9.53 Å². The van der Waals surface area contributed by atoms with Crippen molar-refractivity contribution >= 4 is 17.6 Å². The first-order valence-electron chi connectivity index (χ1n) is 6.59. The molecule has 0 aliphatic carbocycles. The first-order chi connectivity index (χ1) is 10.5. The van der Waals surface area contributed by atoms with Crippen LogP contribution < -0.4 is 10.1 Å². The van der Waals surface area contributed by atoms with Crippen LogP contribution in [0.4, 0.5) is 5.69 Å². The highest BCUT2D eigenvalue weighted by Gasteiger charge is 2.22. The van der Waals surface area contributed by atoms with Gasteiger partial charge in [-0.1, -0.05) is 17.3 Å². The van der Waals surface area contributed by atoms with Gasteiger partial charge in [-0.2, -0.15) is 0 Å². The lowest BCUT2D eigenvalue weighted by atomic mass is 10.2. The summed E-state index contributed by atoms with van der Waals surface area (Å²) >= 11 is 0. The third-order valence-corrected chi connectivity index (χ3v) is 2.85. The summed E-state index contributed by atoms with van der Waals surface area (Å²) in [6.07, 6.45) is -0.997. The number of rotatable bonds is 5. The van der Waals surface area contributed by atoms with Gasteiger partial charge in [-0.05, 0) is 26.0 Å². The molecule has 1 aromatic carbocycles. The van der Waals surface area contributed by atoms with Crippen molar-refractivity contribution in [3.63, 3.8) is 0 Å². The van der Waals surface area contributed by atoms with Crippen LogP contribution in [0.3, 0.4) is 0 Å². The standard InChI is InChI=1S/C15H16N2O5/c1-9-8-13(22-17-9)15(19)21-10(2)14(18)16-11-6-4-5-7-12(11)20-3/h4-8,10H,1-3H3,(H,16,18). The summed E-state index contributed by atoms with van der Waals surface area (Å²) in [5.41, 5.74) is 1.05. The number of hydrogen-bond donors (Lipinski definition) is 1. The second-order valence-corrected chi connectivity index (χ2v) is 4.57. The fraction of sp³-hybridized carbons (Fsp3) is 0.267. The fourth-order valence-corrected chi connectivity index (χ4v) is 1.71. The zero-order chi connectivity index (χ0) is 16.1. The van der Waals surface area contributed by atoms with Crippen molar-refractivity contribution in [2.75, 3.05) is 12.4 Å². The van der Waals surface area contributed by atoms with Crippen molar-refractivity contribution in [2.45, 2.75) is 20.0 Å². The van der Waals surface area contributed by atoms with E-state index in [2.05, 4.69) is 10.5 Å². The normalized spacial score (nSPS) is 11.6. The van der Waals surface area contributed by atoms with E-state index in [1.807, 2.05) is 0 Å². The van der Waals surface area contributed by atoms with Crippen molar-refractivity contribution in [1.29, 1.82) is 0 Å². The Morgan fingerprint density at radius 3 is 2.68 bits per heavy atom. The maximum atomic E-state index is 12.1. The van der Waals surface area contributed by atoms with E-state index in [1.165, 1.54) is 20.1 Å². The van der Waals surface area contributed by atoms with Gasteiger partial charge < -0.3 is 19.3 Å². The summed E-state index contributed by atoms with van der Waals surface area (Å²) in [6.45, 7) is 3.14. The maximum absolute atomic E-state index is 12.1. The first kappa shape index (κ1) is 15.6. The van der Waals surface area contributed by atoms with E-state index in [0.29, 0.717) is 17.1 Å². The number of carbonyl (C=O) groups is 2. The molecule has 116 valence electrons. The van der Waals surface area contributed by atoms with Gasteiger partial charge in [0.15, 0.2) is 6.10 Å². The van der Waals surface area contributed by atoms with Crippen LogP contribution in [0.5, 0.6) is 5.75 Å². The van der Waals surface area contributed by atoms with Crippen molar-refractivity contribution in [3.8, 4) is 5.75 Å². The summed E-state index contributed by atoms with van der Waals surface area (Å²) in [6, 6.07) is 8.37. The third kappa shape index (κ3) is 3.63. The van der Waals surface area contributed by atoms with E-state index in [0.717, 1.165) is 0 Å². The molecule has 22 heavy (non-hydrogen) atoms. The lowest BCUT2D eigenvalue weighted by Gasteiger charge is -2.14. The summed E-state index contributed by atoms with van der Waals surface area (Å²) in [7, 11) is 1.50. The van der Waals surface area contributed by atoms with Gasteiger partial charge in [0.05, 0.1) is 18.5 Å². The van der Waals surface area contributed by atoms with Gasteiger partial charge in [0, 0.05) is 6.07 Å². The molecule has 0 radical (unpaired) electrons. The van der Waals surface area contributed by atoms with Gasteiger partial charge in [0.25, 0.3) is 5.91 Å². The average molecular weight is 304 g/mol. The predicted octanol–water partition coefficient (Wildman–Crippen LogP) is 2.18. The minimum Gasteiger partial charge on any atom is -0.495 e. The molecule has 1 aromatic heterocycles.